The summed E-state index contributed by atoms with van der Waals surface area (Å²) in [4.78, 5) is 2.46. The molecule has 3 heteroatoms. The Bertz CT molecular complexity index is 383. The van der Waals surface area contributed by atoms with Gasteiger partial charge in [-0.15, -0.1) is 0 Å². The second-order valence-electron chi connectivity index (χ2n) is 6.03. The zero-order valence-electron chi connectivity index (χ0n) is 14.4. The zero-order chi connectivity index (χ0) is 15.7. The van der Waals surface area contributed by atoms with Crippen molar-refractivity contribution in [3.8, 4) is 0 Å². The van der Waals surface area contributed by atoms with Crippen LogP contribution in [0.15, 0.2) is 24.3 Å². The van der Waals surface area contributed by atoms with E-state index in [1.54, 1.807) is 0 Å². The number of benzene rings is 1. The van der Waals surface area contributed by atoms with Gasteiger partial charge in [0.25, 0.3) is 0 Å². The van der Waals surface area contributed by atoms with Crippen molar-refractivity contribution in [1.82, 2.24) is 10.2 Å². The number of hydrogen-bond donors (Lipinski definition) is 1. The van der Waals surface area contributed by atoms with Crippen molar-refractivity contribution in [1.29, 1.82) is 0 Å². The van der Waals surface area contributed by atoms with Crippen LogP contribution in [0.5, 0.6) is 0 Å². The van der Waals surface area contributed by atoms with Gasteiger partial charge in [0.15, 0.2) is 0 Å². The molecule has 0 bridgehead atoms. The molecule has 0 heterocycles. The summed E-state index contributed by atoms with van der Waals surface area (Å²) in [5.74, 6) is 0. The van der Waals surface area contributed by atoms with Crippen LogP contribution < -0.4 is 5.32 Å². The minimum absolute atomic E-state index is 0.564. The van der Waals surface area contributed by atoms with Gasteiger partial charge < -0.3 is 10.1 Å². The van der Waals surface area contributed by atoms with Gasteiger partial charge in [-0.25, -0.2) is 0 Å². The number of rotatable bonds is 10. The maximum atomic E-state index is 5.90. The predicted octanol–water partition coefficient (Wildman–Crippen LogP) is 3.43. The Morgan fingerprint density at radius 3 is 2.24 bits per heavy atom. The average molecular weight is 292 g/mol. The molecule has 0 aliphatic carbocycles. The molecule has 120 valence electrons. The molecule has 1 rings (SSSR count). The third-order valence-corrected chi connectivity index (χ3v) is 3.76. The van der Waals surface area contributed by atoms with Gasteiger partial charge in [0, 0.05) is 25.2 Å². The smallest absolute Gasteiger partial charge is 0.0720 e. The molecule has 0 atom stereocenters. The van der Waals surface area contributed by atoms with E-state index in [2.05, 4.69) is 69.1 Å². The van der Waals surface area contributed by atoms with Gasteiger partial charge in [-0.1, -0.05) is 31.2 Å². The molecule has 0 radical (unpaired) electrons. The first-order chi connectivity index (χ1) is 10.1. The molecule has 3 nitrogen and oxygen atoms in total. The topological polar surface area (TPSA) is 24.5 Å². The normalized spacial score (nSPS) is 11.8. The predicted molar refractivity (Wildman–Crippen MR) is 90.5 cm³/mol. The van der Waals surface area contributed by atoms with Crippen LogP contribution >= 0.6 is 0 Å². The lowest BCUT2D eigenvalue weighted by atomic mass is 10.1. The molecule has 0 aliphatic rings. The summed E-state index contributed by atoms with van der Waals surface area (Å²) in [6.45, 7) is 15.5. The van der Waals surface area contributed by atoms with Crippen molar-refractivity contribution in [3.05, 3.63) is 35.4 Å². The summed E-state index contributed by atoms with van der Waals surface area (Å²) in [7, 11) is 0. The molecule has 0 fully saturated rings. The molecule has 1 aromatic carbocycles. The molecule has 0 spiro atoms. The fourth-order valence-electron chi connectivity index (χ4n) is 2.60. The van der Waals surface area contributed by atoms with Gasteiger partial charge in [-0.3, -0.25) is 4.90 Å². The molecule has 21 heavy (non-hydrogen) atoms. The molecule has 0 amide bonds. The second-order valence-corrected chi connectivity index (χ2v) is 6.03. The van der Waals surface area contributed by atoms with Crippen molar-refractivity contribution >= 4 is 0 Å². The molecule has 0 unspecified atom stereocenters. The van der Waals surface area contributed by atoms with Crippen LogP contribution in [0, 0.1) is 0 Å². The molecule has 0 aromatic heterocycles. The first kappa shape index (κ1) is 18.1. The van der Waals surface area contributed by atoms with Crippen LogP contribution in [0.3, 0.4) is 0 Å². The van der Waals surface area contributed by atoms with Gasteiger partial charge in [0.05, 0.1) is 13.2 Å². The summed E-state index contributed by atoms with van der Waals surface area (Å²) >= 11 is 0. The highest BCUT2D eigenvalue weighted by Crippen LogP contribution is 2.10. The quantitative estimate of drug-likeness (QED) is 0.669. The number of nitrogens with one attached hydrogen (secondary N) is 1. The second kappa shape index (κ2) is 9.93. The molecule has 0 aliphatic heterocycles. The Morgan fingerprint density at radius 1 is 1.05 bits per heavy atom. The van der Waals surface area contributed by atoms with Gasteiger partial charge >= 0.3 is 0 Å². The summed E-state index contributed by atoms with van der Waals surface area (Å²) in [6.07, 6.45) is 0. The Hall–Kier alpha value is -0.900. The summed E-state index contributed by atoms with van der Waals surface area (Å²) in [5, 5.41) is 3.38. The Kier molecular flexibility index (Phi) is 8.58. The van der Waals surface area contributed by atoms with E-state index in [1.165, 1.54) is 11.1 Å². The molecular formula is C18H32N2O. The van der Waals surface area contributed by atoms with Crippen molar-refractivity contribution in [3.63, 3.8) is 0 Å². The number of ether oxygens (including phenoxy) is 1. The summed E-state index contributed by atoms with van der Waals surface area (Å²) in [5.41, 5.74) is 2.63. The Labute approximate surface area is 130 Å². The van der Waals surface area contributed by atoms with E-state index in [0.717, 1.165) is 26.2 Å². The van der Waals surface area contributed by atoms with Crippen molar-refractivity contribution in [2.45, 2.75) is 59.9 Å². The minimum Gasteiger partial charge on any atom is -0.375 e. The first-order valence-corrected chi connectivity index (χ1v) is 8.17. The van der Waals surface area contributed by atoms with Crippen LogP contribution in [0.25, 0.3) is 0 Å². The van der Waals surface area contributed by atoms with Gasteiger partial charge in [0.1, 0.15) is 0 Å². The molecular weight excluding hydrogens is 260 g/mol. The molecule has 0 saturated carbocycles. The molecule has 1 N–H and O–H groups in total. The van der Waals surface area contributed by atoms with Crippen LogP contribution in [0.4, 0.5) is 0 Å². The lowest BCUT2D eigenvalue weighted by molar-refractivity contribution is 0.0696. The highest BCUT2D eigenvalue weighted by molar-refractivity contribution is 5.26. The van der Waals surface area contributed by atoms with Gasteiger partial charge in [-0.2, -0.15) is 0 Å². The fraction of sp³-hybridized carbons (Fsp3) is 0.667. The van der Waals surface area contributed by atoms with E-state index < -0.39 is 0 Å². The monoisotopic (exact) mass is 292 g/mol. The van der Waals surface area contributed by atoms with E-state index in [-0.39, 0.29) is 0 Å². The van der Waals surface area contributed by atoms with E-state index in [0.29, 0.717) is 18.7 Å². The highest BCUT2D eigenvalue weighted by atomic mass is 16.5. The van der Waals surface area contributed by atoms with Crippen molar-refractivity contribution in [2.24, 2.45) is 0 Å². The number of nitrogens with zero attached hydrogens (tertiary/aromatic N) is 1. The summed E-state index contributed by atoms with van der Waals surface area (Å²) < 4.78 is 5.90. The SMILES string of the molecule is CCNCc1ccccc1COCCN(C(C)C)C(C)C. The van der Waals surface area contributed by atoms with E-state index in [9.17, 15) is 0 Å². The average Bonchev–Trinajstić information content (AvgIpc) is 2.45. The maximum absolute atomic E-state index is 5.90. The van der Waals surface area contributed by atoms with Crippen LogP contribution in [0.2, 0.25) is 0 Å². The molecule has 1 aromatic rings. The van der Waals surface area contributed by atoms with Crippen molar-refractivity contribution in [2.75, 3.05) is 19.7 Å². The summed E-state index contributed by atoms with van der Waals surface area (Å²) in [6, 6.07) is 9.65. The minimum atomic E-state index is 0.564. The third kappa shape index (κ3) is 6.60. The van der Waals surface area contributed by atoms with Gasteiger partial charge in [0.2, 0.25) is 0 Å². The Morgan fingerprint density at radius 2 is 1.67 bits per heavy atom. The maximum Gasteiger partial charge on any atom is 0.0720 e. The van der Waals surface area contributed by atoms with E-state index in [4.69, 9.17) is 4.74 Å². The number of hydrogen-bond acceptors (Lipinski definition) is 3. The van der Waals surface area contributed by atoms with Crippen LogP contribution in [0.1, 0.15) is 45.7 Å². The largest absolute Gasteiger partial charge is 0.375 e. The van der Waals surface area contributed by atoms with E-state index in [1.807, 2.05) is 0 Å². The van der Waals surface area contributed by atoms with Crippen LogP contribution in [-0.2, 0) is 17.9 Å². The first-order valence-electron chi connectivity index (χ1n) is 8.17. The van der Waals surface area contributed by atoms with E-state index >= 15 is 0 Å². The fourth-order valence-corrected chi connectivity index (χ4v) is 2.60. The highest BCUT2D eigenvalue weighted by Gasteiger charge is 2.12. The standard InChI is InChI=1S/C18H32N2O/c1-6-19-13-17-9-7-8-10-18(17)14-21-12-11-20(15(2)3)16(4)5/h7-10,15-16,19H,6,11-14H2,1-5H3. The zero-order valence-corrected chi connectivity index (χ0v) is 14.4. The Balaban J connectivity index is 2.41. The van der Waals surface area contributed by atoms with Crippen molar-refractivity contribution < 1.29 is 4.74 Å². The molecule has 0 saturated heterocycles. The third-order valence-electron chi connectivity index (χ3n) is 3.76. The lowest BCUT2D eigenvalue weighted by Crippen LogP contribution is -2.39. The lowest BCUT2D eigenvalue weighted by Gasteiger charge is -2.30. The van der Waals surface area contributed by atoms with Gasteiger partial charge in [-0.05, 0) is 45.4 Å². The van der Waals surface area contributed by atoms with Crippen LogP contribution in [-0.4, -0.2) is 36.7 Å².